The van der Waals surface area contributed by atoms with Crippen molar-refractivity contribution in [1.29, 1.82) is 0 Å². The highest BCUT2D eigenvalue weighted by molar-refractivity contribution is 7.92. The average molecular weight is 459 g/mol. The van der Waals surface area contributed by atoms with E-state index in [-0.39, 0.29) is 6.42 Å². The Morgan fingerprint density at radius 1 is 1.03 bits per heavy atom. The van der Waals surface area contributed by atoms with E-state index in [1.165, 1.54) is 6.07 Å². The summed E-state index contributed by atoms with van der Waals surface area (Å²) in [4.78, 5) is 13.2. The van der Waals surface area contributed by atoms with Gasteiger partial charge in [0.15, 0.2) is 5.75 Å². The summed E-state index contributed by atoms with van der Waals surface area (Å²) >= 11 is 6.06. The van der Waals surface area contributed by atoms with Crippen molar-refractivity contribution in [2.75, 3.05) is 15.9 Å². The summed E-state index contributed by atoms with van der Waals surface area (Å²) in [5.74, 6) is 0.593. The number of carbonyl (C=O) groups is 1. The molecule has 1 amide bonds. The summed E-state index contributed by atoms with van der Waals surface area (Å²) < 4.78 is 32.2. The van der Waals surface area contributed by atoms with Crippen molar-refractivity contribution in [3.05, 3.63) is 83.9 Å². The first-order valence-electron chi connectivity index (χ1n) is 9.67. The standard InChI is InChI=1S/C23H23ClN2O4S/c1-3-21(26(31(2,28)29)18-11-9-10-17(24)16-18)23(27)25-20-14-7-8-15-22(20)30-19-12-5-4-6-13-19/h4-16,21H,3H2,1-2H3,(H,25,27)/t21-/m1/s1. The fourth-order valence-electron chi connectivity index (χ4n) is 3.16. The van der Waals surface area contributed by atoms with Gasteiger partial charge in [0, 0.05) is 5.02 Å². The highest BCUT2D eigenvalue weighted by Gasteiger charge is 2.32. The van der Waals surface area contributed by atoms with Gasteiger partial charge in [-0.1, -0.05) is 54.9 Å². The van der Waals surface area contributed by atoms with Gasteiger partial charge in [0.2, 0.25) is 15.9 Å². The summed E-state index contributed by atoms with van der Waals surface area (Å²) in [6.07, 6.45) is 1.32. The molecule has 8 heteroatoms. The Balaban J connectivity index is 1.90. The van der Waals surface area contributed by atoms with Gasteiger partial charge in [-0.2, -0.15) is 0 Å². The molecule has 31 heavy (non-hydrogen) atoms. The van der Waals surface area contributed by atoms with E-state index in [0.29, 0.717) is 27.9 Å². The fraction of sp³-hybridized carbons (Fsp3) is 0.174. The quantitative estimate of drug-likeness (QED) is 0.496. The molecule has 3 aromatic rings. The second-order valence-electron chi connectivity index (χ2n) is 6.86. The van der Waals surface area contributed by atoms with Gasteiger partial charge in [-0.05, 0) is 48.9 Å². The number of nitrogens with one attached hydrogen (secondary N) is 1. The topological polar surface area (TPSA) is 75.7 Å². The Hall–Kier alpha value is -3.03. The minimum atomic E-state index is -3.76. The van der Waals surface area contributed by atoms with Crippen molar-refractivity contribution in [2.24, 2.45) is 0 Å². The molecule has 0 spiro atoms. The van der Waals surface area contributed by atoms with Crippen LogP contribution in [-0.2, 0) is 14.8 Å². The van der Waals surface area contributed by atoms with Crippen LogP contribution < -0.4 is 14.4 Å². The number of benzene rings is 3. The molecule has 6 nitrogen and oxygen atoms in total. The van der Waals surface area contributed by atoms with E-state index in [9.17, 15) is 13.2 Å². The van der Waals surface area contributed by atoms with Crippen LogP contribution in [0.15, 0.2) is 78.9 Å². The van der Waals surface area contributed by atoms with E-state index in [4.69, 9.17) is 16.3 Å². The van der Waals surface area contributed by atoms with E-state index >= 15 is 0 Å². The molecule has 162 valence electrons. The molecule has 3 rings (SSSR count). The minimum Gasteiger partial charge on any atom is -0.455 e. The van der Waals surface area contributed by atoms with Crippen LogP contribution in [0.25, 0.3) is 0 Å². The van der Waals surface area contributed by atoms with Crippen molar-refractivity contribution in [2.45, 2.75) is 19.4 Å². The number of para-hydroxylation sites is 3. The molecule has 0 aliphatic heterocycles. The van der Waals surface area contributed by atoms with E-state index in [1.54, 1.807) is 61.5 Å². The maximum absolute atomic E-state index is 13.2. The lowest BCUT2D eigenvalue weighted by Crippen LogP contribution is -2.47. The summed E-state index contributed by atoms with van der Waals surface area (Å²) in [6, 6.07) is 21.6. The van der Waals surface area contributed by atoms with Crippen LogP contribution in [0.2, 0.25) is 5.02 Å². The highest BCUT2D eigenvalue weighted by atomic mass is 35.5. The van der Waals surface area contributed by atoms with E-state index < -0.39 is 22.0 Å². The molecule has 0 fully saturated rings. The largest absolute Gasteiger partial charge is 0.455 e. The van der Waals surface area contributed by atoms with Gasteiger partial charge >= 0.3 is 0 Å². The van der Waals surface area contributed by atoms with Crippen molar-refractivity contribution in [3.63, 3.8) is 0 Å². The molecule has 0 radical (unpaired) electrons. The number of halogens is 1. The average Bonchev–Trinajstić information content (AvgIpc) is 2.73. The summed E-state index contributed by atoms with van der Waals surface area (Å²) in [5, 5.41) is 3.19. The monoisotopic (exact) mass is 458 g/mol. The van der Waals surface area contributed by atoms with Crippen LogP contribution in [0.1, 0.15) is 13.3 Å². The summed E-state index contributed by atoms with van der Waals surface area (Å²) in [5.41, 5.74) is 0.764. The number of hydrogen-bond acceptors (Lipinski definition) is 4. The zero-order valence-corrected chi connectivity index (χ0v) is 18.7. The second-order valence-corrected chi connectivity index (χ2v) is 9.16. The Morgan fingerprint density at radius 3 is 2.35 bits per heavy atom. The third kappa shape index (κ3) is 5.77. The second kappa shape index (κ2) is 9.85. The van der Waals surface area contributed by atoms with Crippen LogP contribution in [0, 0.1) is 0 Å². The third-order valence-corrected chi connectivity index (χ3v) is 5.92. The molecule has 0 aliphatic carbocycles. The highest BCUT2D eigenvalue weighted by Crippen LogP contribution is 2.31. The third-order valence-electron chi connectivity index (χ3n) is 4.51. The molecule has 0 saturated carbocycles. The molecule has 0 heterocycles. The lowest BCUT2D eigenvalue weighted by molar-refractivity contribution is -0.117. The molecule has 3 aromatic carbocycles. The molecule has 0 aliphatic rings. The van der Waals surface area contributed by atoms with Gasteiger partial charge in [-0.15, -0.1) is 0 Å². The van der Waals surface area contributed by atoms with Gasteiger partial charge < -0.3 is 10.1 Å². The molecule has 0 saturated heterocycles. The molecule has 0 unspecified atom stereocenters. The molecule has 0 aromatic heterocycles. The molecule has 1 atom stereocenters. The number of ether oxygens (including phenoxy) is 1. The minimum absolute atomic E-state index is 0.257. The lowest BCUT2D eigenvalue weighted by Gasteiger charge is -2.30. The van der Waals surface area contributed by atoms with Gasteiger partial charge in [-0.3, -0.25) is 9.10 Å². The van der Waals surface area contributed by atoms with Gasteiger partial charge in [-0.25, -0.2) is 8.42 Å². The first-order chi connectivity index (χ1) is 14.8. The van der Waals surface area contributed by atoms with E-state index in [1.807, 2.05) is 18.2 Å². The number of hydrogen-bond donors (Lipinski definition) is 1. The van der Waals surface area contributed by atoms with Gasteiger partial charge in [0.1, 0.15) is 11.8 Å². The molecule has 0 bridgehead atoms. The SMILES string of the molecule is CC[C@H](C(=O)Nc1ccccc1Oc1ccccc1)N(c1cccc(Cl)c1)S(C)(=O)=O. The number of anilines is 2. The maximum atomic E-state index is 13.2. The van der Waals surface area contributed by atoms with Crippen molar-refractivity contribution >= 4 is 38.9 Å². The van der Waals surface area contributed by atoms with Gasteiger partial charge in [0.25, 0.3) is 0 Å². The number of amides is 1. The lowest BCUT2D eigenvalue weighted by atomic mass is 10.1. The van der Waals surface area contributed by atoms with Gasteiger partial charge in [0.05, 0.1) is 17.6 Å². The van der Waals surface area contributed by atoms with Crippen LogP contribution in [0.3, 0.4) is 0 Å². The Bertz CT molecular complexity index is 1150. The zero-order valence-electron chi connectivity index (χ0n) is 17.2. The molecular weight excluding hydrogens is 436 g/mol. The number of sulfonamides is 1. The number of nitrogens with zero attached hydrogens (tertiary/aromatic N) is 1. The van der Waals surface area contributed by atoms with Crippen molar-refractivity contribution < 1.29 is 17.9 Å². The van der Waals surface area contributed by atoms with Crippen LogP contribution in [0.4, 0.5) is 11.4 Å². The van der Waals surface area contributed by atoms with Crippen molar-refractivity contribution in [3.8, 4) is 11.5 Å². The Labute approximate surface area is 187 Å². The first kappa shape index (κ1) is 22.7. The van der Waals surface area contributed by atoms with E-state index in [0.717, 1.165) is 10.6 Å². The first-order valence-corrected chi connectivity index (χ1v) is 11.9. The fourth-order valence-corrected chi connectivity index (χ4v) is 4.55. The predicted molar refractivity (Wildman–Crippen MR) is 124 cm³/mol. The molecule has 1 N–H and O–H groups in total. The Kier molecular flexibility index (Phi) is 7.20. The summed E-state index contributed by atoms with van der Waals surface area (Å²) in [7, 11) is -3.76. The van der Waals surface area contributed by atoms with Crippen LogP contribution in [-0.4, -0.2) is 26.6 Å². The van der Waals surface area contributed by atoms with Crippen LogP contribution >= 0.6 is 11.6 Å². The zero-order chi connectivity index (χ0) is 22.4. The normalized spacial score (nSPS) is 12.1. The smallest absolute Gasteiger partial charge is 0.248 e. The van der Waals surface area contributed by atoms with Crippen LogP contribution in [0.5, 0.6) is 11.5 Å². The van der Waals surface area contributed by atoms with E-state index in [2.05, 4.69) is 5.32 Å². The summed E-state index contributed by atoms with van der Waals surface area (Å²) in [6.45, 7) is 1.75. The number of carbonyl (C=O) groups excluding carboxylic acids is 1. The van der Waals surface area contributed by atoms with Crippen molar-refractivity contribution in [1.82, 2.24) is 0 Å². The Morgan fingerprint density at radius 2 is 1.71 bits per heavy atom. The maximum Gasteiger partial charge on any atom is 0.248 e. The number of rotatable bonds is 8. The molecular formula is C23H23ClN2O4S. The predicted octanol–water partition coefficient (Wildman–Crippen LogP) is 5.32.